The SMILES string of the molecule is CCCC[C@H](CO)Nc1nc(N)nc2cc(OCC)ccc12. The van der Waals surface area contributed by atoms with Crippen molar-refractivity contribution in [3.8, 4) is 5.75 Å². The summed E-state index contributed by atoms with van der Waals surface area (Å²) in [6, 6.07) is 5.61. The molecule has 0 saturated heterocycles. The van der Waals surface area contributed by atoms with Crippen LogP contribution in [0.4, 0.5) is 11.8 Å². The van der Waals surface area contributed by atoms with Crippen LogP contribution < -0.4 is 15.8 Å². The van der Waals surface area contributed by atoms with Gasteiger partial charge in [-0.15, -0.1) is 0 Å². The maximum atomic E-state index is 9.51. The van der Waals surface area contributed by atoms with Crippen molar-refractivity contribution in [1.82, 2.24) is 9.97 Å². The number of hydrogen-bond acceptors (Lipinski definition) is 6. The molecule has 0 amide bonds. The summed E-state index contributed by atoms with van der Waals surface area (Å²) in [4.78, 5) is 8.54. The second kappa shape index (κ2) is 7.79. The molecular weight excluding hydrogens is 280 g/mol. The normalized spacial score (nSPS) is 12.3. The van der Waals surface area contributed by atoms with Crippen LogP contribution in [0.3, 0.4) is 0 Å². The average Bonchev–Trinajstić information content (AvgIpc) is 2.51. The van der Waals surface area contributed by atoms with Crippen LogP contribution in [0.15, 0.2) is 18.2 Å². The molecule has 2 rings (SSSR count). The third-order valence-corrected chi connectivity index (χ3v) is 3.46. The number of benzene rings is 1. The zero-order chi connectivity index (χ0) is 15.9. The number of hydrogen-bond donors (Lipinski definition) is 3. The number of nitrogens with one attached hydrogen (secondary N) is 1. The van der Waals surface area contributed by atoms with Gasteiger partial charge in [-0.1, -0.05) is 19.8 Å². The molecule has 1 aromatic carbocycles. The summed E-state index contributed by atoms with van der Waals surface area (Å²) in [5.74, 6) is 1.61. The molecule has 22 heavy (non-hydrogen) atoms. The summed E-state index contributed by atoms with van der Waals surface area (Å²) in [6.07, 6.45) is 3.02. The molecule has 0 aliphatic rings. The molecule has 2 aromatic rings. The zero-order valence-corrected chi connectivity index (χ0v) is 13.2. The van der Waals surface area contributed by atoms with Crippen molar-refractivity contribution in [3.05, 3.63) is 18.2 Å². The van der Waals surface area contributed by atoms with Gasteiger partial charge in [-0.3, -0.25) is 0 Å². The van der Waals surface area contributed by atoms with Crippen molar-refractivity contribution in [3.63, 3.8) is 0 Å². The molecule has 6 nitrogen and oxygen atoms in total. The lowest BCUT2D eigenvalue weighted by Gasteiger charge is -2.18. The summed E-state index contributed by atoms with van der Waals surface area (Å²) < 4.78 is 5.49. The van der Waals surface area contributed by atoms with Crippen LogP contribution in [-0.4, -0.2) is 34.3 Å². The highest BCUT2D eigenvalue weighted by atomic mass is 16.5. The molecule has 4 N–H and O–H groups in total. The largest absolute Gasteiger partial charge is 0.494 e. The van der Waals surface area contributed by atoms with Crippen LogP contribution in [-0.2, 0) is 0 Å². The summed E-state index contributed by atoms with van der Waals surface area (Å²) in [5.41, 5.74) is 6.53. The maximum absolute atomic E-state index is 9.51. The van der Waals surface area contributed by atoms with Crippen molar-refractivity contribution < 1.29 is 9.84 Å². The van der Waals surface area contributed by atoms with E-state index < -0.39 is 0 Å². The minimum atomic E-state index is -0.0379. The fraction of sp³-hybridized carbons (Fsp3) is 0.500. The number of unbranched alkanes of at least 4 members (excludes halogenated alkanes) is 1. The monoisotopic (exact) mass is 304 g/mol. The van der Waals surface area contributed by atoms with Gasteiger partial charge >= 0.3 is 0 Å². The molecule has 0 spiro atoms. The van der Waals surface area contributed by atoms with E-state index in [9.17, 15) is 5.11 Å². The van der Waals surface area contributed by atoms with Gasteiger partial charge in [0.25, 0.3) is 0 Å². The first-order valence-electron chi connectivity index (χ1n) is 7.75. The lowest BCUT2D eigenvalue weighted by Crippen LogP contribution is -2.24. The van der Waals surface area contributed by atoms with Crippen LogP contribution >= 0.6 is 0 Å². The molecule has 0 unspecified atom stereocenters. The molecule has 1 heterocycles. The topological polar surface area (TPSA) is 93.3 Å². The van der Waals surface area contributed by atoms with E-state index in [1.165, 1.54) is 0 Å². The van der Waals surface area contributed by atoms with E-state index in [1.54, 1.807) is 0 Å². The lowest BCUT2D eigenvalue weighted by atomic mass is 10.1. The van der Waals surface area contributed by atoms with E-state index in [-0.39, 0.29) is 18.6 Å². The Labute approximate surface area is 130 Å². The minimum Gasteiger partial charge on any atom is -0.494 e. The van der Waals surface area contributed by atoms with E-state index >= 15 is 0 Å². The highest BCUT2D eigenvalue weighted by Crippen LogP contribution is 2.26. The summed E-state index contributed by atoms with van der Waals surface area (Å²) in [7, 11) is 0. The highest BCUT2D eigenvalue weighted by molar-refractivity contribution is 5.91. The fourth-order valence-corrected chi connectivity index (χ4v) is 2.35. The average molecular weight is 304 g/mol. The Balaban J connectivity index is 2.31. The first-order chi connectivity index (χ1) is 10.7. The molecule has 1 aromatic heterocycles. The smallest absolute Gasteiger partial charge is 0.222 e. The number of nitrogens with zero attached hydrogens (tertiary/aromatic N) is 2. The first-order valence-corrected chi connectivity index (χ1v) is 7.75. The van der Waals surface area contributed by atoms with Crippen molar-refractivity contribution >= 4 is 22.7 Å². The minimum absolute atomic E-state index is 0.0379. The van der Waals surface area contributed by atoms with E-state index in [4.69, 9.17) is 10.5 Å². The molecule has 0 bridgehead atoms. The number of nitrogen functional groups attached to an aromatic ring is 1. The molecule has 0 radical (unpaired) electrons. The van der Waals surface area contributed by atoms with Gasteiger partial charge in [0.2, 0.25) is 5.95 Å². The molecular formula is C16H24N4O2. The quantitative estimate of drug-likeness (QED) is 0.694. The zero-order valence-electron chi connectivity index (χ0n) is 13.2. The lowest BCUT2D eigenvalue weighted by molar-refractivity contribution is 0.267. The van der Waals surface area contributed by atoms with Gasteiger partial charge in [-0.05, 0) is 25.5 Å². The highest BCUT2D eigenvalue weighted by Gasteiger charge is 2.12. The second-order valence-corrected chi connectivity index (χ2v) is 5.21. The Kier molecular flexibility index (Phi) is 5.77. The van der Waals surface area contributed by atoms with Gasteiger partial charge in [-0.2, -0.15) is 4.98 Å². The number of aliphatic hydroxyl groups is 1. The molecule has 0 aliphatic heterocycles. The van der Waals surface area contributed by atoms with E-state index in [0.29, 0.717) is 12.4 Å². The molecule has 6 heteroatoms. The first kappa shape index (κ1) is 16.3. The van der Waals surface area contributed by atoms with E-state index in [1.807, 2.05) is 25.1 Å². The summed E-state index contributed by atoms with van der Waals surface area (Å²) in [6.45, 7) is 4.72. The van der Waals surface area contributed by atoms with Crippen LogP contribution in [0, 0.1) is 0 Å². The number of anilines is 2. The van der Waals surface area contributed by atoms with Crippen LogP contribution in [0.2, 0.25) is 0 Å². The van der Waals surface area contributed by atoms with Crippen molar-refractivity contribution in [2.75, 3.05) is 24.3 Å². The number of rotatable bonds is 8. The van der Waals surface area contributed by atoms with Crippen LogP contribution in [0.25, 0.3) is 10.9 Å². The second-order valence-electron chi connectivity index (χ2n) is 5.21. The van der Waals surface area contributed by atoms with Gasteiger partial charge in [0.05, 0.1) is 24.8 Å². The summed E-state index contributed by atoms with van der Waals surface area (Å²) in [5, 5.41) is 13.7. The molecule has 120 valence electrons. The van der Waals surface area contributed by atoms with Gasteiger partial charge < -0.3 is 20.9 Å². The number of ether oxygens (including phenoxy) is 1. The van der Waals surface area contributed by atoms with E-state index in [0.717, 1.165) is 35.9 Å². The van der Waals surface area contributed by atoms with Gasteiger partial charge in [0.1, 0.15) is 11.6 Å². The Bertz CT molecular complexity index is 618. The molecule has 0 saturated carbocycles. The number of aliphatic hydroxyl groups excluding tert-OH is 1. The van der Waals surface area contributed by atoms with Crippen molar-refractivity contribution in [2.45, 2.75) is 39.2 Å². The summed E-state index contributed by atoms with van der Waals surface area (Å²) >= 11 is 0. The van der Waals surface area contributed by atoms with Gasteiger partial charge in [0.15, 0.2) is 0 Å². The maximum Gasteiger partial charge on any atom is 0.222 e. The van der Waals surface area contributed by atoms with Crippen molar-refractivity contribution in [2.24, 2.45) is 0 Å². The number of aromatic nitrogens is 2. The molecule has 1 atom stereocenters. The Morgan fingerprint density at radius 1 is 1.32 bits per heavy atom. The van der Waals surface area contributed by atoms with E-state index in [2.05, 4.69) is 22.2 Å². The van der Waals surface area contributed by atoms with Crippen LogP contribution in [0.5, 0.6) is 5.75 Å². The Morgan fingerprint density at radius 2 is 2.14 bits per heavy atom. The third kappa shape index (κ3) is 3.98. The molecule has 0 fully saturated rings. The van der Waals surface area contributed by atoms with Crippen LogP contribution in [0.1, 0.15) is 33.1 Å². The number of nitrogens with two attached hydrogens (primary N) is 1. The Hall–Kier alpha value is -2.08. The predicted octanol–water partition coefficient (Wildman–Crippen LogP) is 2.57. The Morgan fingerprint density at radius 3 is 2.82 bits per heavy atom. The van der Waals surface area contributed by atoms with Gasteiger partial charge in [0, 0.05) is 11.5 Å². The van der Waals surface area contributed by atoms with Gasteiger partial charge in [-0.25, -0.2) is 4.98 Å². The molecule has 0 aliphatic carbocycles. The predicted molar refractivity (Wildman–Crippen MR) is 89.1 cm³/mol. The third-order valence-electron chi connectivity index (χ3n) is 3.46. The van der Waals surface area contributed by atoms with Crippen molar-refractivity contribution in [1.29, 1.82) is 0 Å². The standard InChI is InChI=1S/C16H24N4O2/c1-3-5-6-11(10-21)18-15-13-8-7-12(22-4-2)9-14(13)19-16(17)20-15/h7-9,11,21H,3-6,10H2,1-2H3,(H3,17,18,19,20)/t11-/m1/s1. The number of fused-ring (bicyclic) bond motifs is 1. The fourth-order valence-electron chi connectivity index (χ4n) is 2.35.